The molecule has 0 aliphatic carbocycles. The Morgan fingerprint density at radius 3 is 2.60 bits per heavy atom. The van der Waals surface area contributed by atoms with E-state index in [0.29, 0.717) is 18.1 Å². The lowest BCUT2D eigenvalue weighted by molar-refractivity contribution is 0.000835. The SMILES string of the molecule is CC1COC[C@]1(O)c1ccc(-c2ccc(C#N)s2)cc1. The van der Waals surface area contributed by atoms with E-state index in [1.165, 1.54) is 11.3 Å². The maximum atomic E-state index is 10.7. The van der Waals surface area contributed by atoms with Crippen LogP contribution in [0.4, 0.5) is 0 Å². The highest BCUT2D eigenvalue weighted by Crippen LogP contribution is 2.36. The molecule has 1 aromatic carbocycles. The number of hydrogen-bond acceptors (Lipinski definition) is 4. The molecule has 2 aromatic rings. The molecule has 2 heterocycles. The van der Waals surface area contributed by atoms with Gasteiger partial charge in [-0.2, -0.15) is 5.26 Å². The predicted molar refractivity (Wildman–Crippen MR) is 78.3 cm³/mol. The maximum absolute atomic E-state index is 10.7. The van der Waals surface area contributed by atoms with Crippen molar-refractivity contribution in [2.75, 3.05) is 13.2 Å². The molecule has 102 valence electrons. The lowest BCUT2D eigenvalue weighted by Crippen LogP contribution is -2.32. The van der Waals surface area contributed by atoms with Gasteiger partial charge in [0.05, 0.1) is 13.2 Å². The minimum absolute atomic E-state index is 0.0975. The van der Waals surface area contributed by atoms with Crippen molar-refractivity contribution in [2.45, 2.75) is 12.5 Å². The highest BCUT2D eigenvalue weighted by molar-refractivity contribution is 7.16. The number of hydrogen-bond donors (Lipinski definition) is 1. The van der Waals surface area contributed by atoms with Crippen molar-refractivity contribution in [3.63, 3.8) is 0 Å². The Balaban J connectivity index is 1.90. The molecule has 1 N–H and O–H groups in total. The number of nitriles is 1. The molecule has 1 fully saturated rings. The van der Waals surface area contributed by atoms with E-state index in [1.807, 2.05) is 43.3 Å². The van der Waals surface area contributed by atoms with Gasteiger partial charge in [-0.15, -0.1) is 11.3 Å². The summed E-state index contributed by atoms with van der Waals surface area (Å²) < 4.78 is 5.38. The van der Waals surface area contributed by atoms with E-state index in [4.69, 9.17) is 10.00 Å². The normalized spacial score (nSPS) is 25.6. The third-order valence-corrected chi connectivity index (χ3v) is 4.93. The predicted octanol–water partition coefficient (Wildman–Crippen LogP) is 3.14. The Bertz CT molecular complexity index is 656. The van der Waals surface area contributed by atoms with Gasteiger partial charge < -0.3 is 9.84 Å². The monoisotopic (exact) mass is 285 g/mol. The minimum Gasteiger partial charge on any atom is -0.382 e. The summed E-state index contributed by atoms with van der Waals surface area (Å²) in [4.78, 5) is 1.77. The Kier molecular flexibility index (Phi) is 3.35. The van der Waals surface area contributed by atoms with E-state index < -0.39 is 5.60 Å². The fraction of sp³-hybridized carbons (Fsp3) is 0.312. The third kappa shape index (κ3) is 2.14. The third-order valence-electron chi connectivity index (χ3n) is 3.89. The largest absolute Gasteiger partial charge is 0.382 e. The molecule has 1 unspecified atom stereocenters. The molecule has 4 heteroatoms. The van der Waals surface area contributed by atoms with Gasteiger partial charge in [0.2, 0.25) is 0 Å². The molecule has 1 aliphatic heterocycles. The van der Waals surface area contributed by atoms with Gasteiger partial charge in [0, 0.05) is 10.8 Å². The van der Waals surface area contributed by atoms with E-state index in [2.05, 4.69) is 6.07 Å². The van der Waals surface area contributed by atoms with Crippen molar-refractivity contribution in [3.8, 4) is 16.5 Å². The standard InChI is InChI=1S/C16H15NO2S/c1-11-9-19-10-16(11,18)13-4-2-12(3-5-13)15-7-6-14(8-17)20-15/h2-7,11,18H,9-10H2,1H3/t11?,16-/m1/s1. The first-order valence-electron chi connectivity index (χ1n) is 6.54. The molecule has 3 rings (SSSR count). The second-order valence-corrected chi connectivity index (χ2v) is 6.28. The quantitative estimate of drug-likeness (QED) is 0.922. The summed E-state index contributed by atoms with van der Waals surface area (Å²) in [5.41, 5.74) is 1.07. The fourth-order valence-corrected chi connectivity index (χ4v) is 3.32. The molecule has 1 aliphatic rings. The Labute approximate surface area is 122 Å². The van der Waals surface area contributed by atoms with Crippen LogP contribution in [0, 0.1) is 17.2 Å². The molecule has 20 heavy (non-hydrogen) atoms. The summed E-state index contributed by atoms with van der Waals surface area (Å²) in [6.07, 6.45) is 0. The zero-order valence-electron chi connectivity index (χ0n) is 11.2. The number of rotatable bonds is 2. The van der Waals surface area contributed by atoms with Crippen molar-refractivity contribution in [3.05, 3.63) is 46.8 Å². The number of ether oxygens (including phenoxy) is 1. The van der Waals surface area contributed by atoms with E-state index in [-0.39, 0.29) is 5.92 Å². The summed E-state index contributed by atoms with van der Waals surface area (Å²) in [5.74, 6) is 0.0975. The lowest BCUT2D eigenvalue weighted by Gasteiger charge is -2.26. The Morgan fingerprint density at radius 2 is 2.05 bits per heavy atom. The van der Waals surface area contributed by atoms with Gasteiger partial charge in [0.1, 0.15) is 16.5 Å². The molecule has 0 bridgehead atoms. The van der Waals surface area contributed by atoms with E-state index >= 15 is 0 Å². The van der Waals surface area contributed by atoms with Crippen LogP contribution >= 0.6 is 11.3 Å². The van der Waals surface area contributed by atoms with Crippen molar-refractivity contribution >= 4 is 11.3 Å². The van der Waals surface area contributed by atoms with Crippen LogP contribution in [0.2, 0.25) is 0 Å². The van der Waals surface area contributed by atoms with Crippen LogP contribution in [0.15, 0.2) is 36.4 Å². The van der Waals surface area contributed by atoms with Gasteiger partial charge in [0.15, 0.2) is 0 Å². The maximum Gasteiger partial charge on any atom is 0.118 e. The molecule has 2 atom stereocenters. The summed E-state index contributed by atoms with van der Waals surface area (Å²) in [6.45, 7) is 2.94. The van der Waals surface area contributed by atoms with Crippen LogP contribution in [0.3, 0.4) is 0 Å². The Hall–Kier alpha value is -1.67. The van der Waals surface area contributed by atoms with Gasteiger partial charge in [0.25, 0.3) is 0 Å². The van der Waals surface area contributed by atoms with Crippen LogP contribution < -0.4 is 0 Å². The van der Waals surface area contributed by atoms with Crippen LogP contribution in [0.25, 0.3) is 10.4 Å². The minimum atomic E-state index is -0.883. The van der Waals surface area contributed by atoms with Gasteiger partial charge in [-0.25, -0.2) is 0 Å². The molecule has 3 nitrogen and oxygen atoms in total. The second-order valence-electron chi connectivity index (χ2n) is 5.19. The molecular weight excluding hydrogens is 270 g/mol. The van der Waals surface area contributed by atoms with Gasteiger partial charge >= 0.3 is 0 Å². The topological polar surface area (TPSA) is 53.2 Å². The first-order chi connectivity index (χ1) is 9.63. The molecule has 1 saturated heterocycles. The molecule has 0 amide bonds. The van der Waals surface area contributed by atoms with E-state index in [0.717, 1.165) is 16.0 Å². The number of nitrogens with zero attached hydrogens (tertiary/aromatic N) is 1. The molecule has 0 spiro atoms. The highest BCUT2D eigenvalue weighted by atomic mass is 32.1. The Morgan fingerprint density at radius 1 is 1.30 bits per heavy atom. The van der Waals surface area contributed by atoms with Gasteiger partial charge in [-0.3, -0.25) is 0 Å². The second kappa shape index (κ2) is 5.02. The summed E-state index contributed by atoms with van der Waals surface area (Å²) in [6, 6.07) is 13.8. The summed E-state index contributed by atoms with van der Waals surface area (Å²) in [7, 11) is 0. The number of benzene rings is 1. The first-order valence-corrected chi connectivity index (χ1v) is 7.36. The fourth-order valence-electron chi connectivity index (χ4n) is 2.52. The van der Waals surface area contributed by atoms with Crippen molar-refractivity contribution in [2.24, 2.45) is 5.92 Å². The highest BCUT2D eigenvalue weighted by Gasteiger charge is 2.40. The van der Waals surface area contributed by atoms with E-state index in [1.54, 1.807) is 0 Å². The molecular formula is C16H15NO2S. The number of thiophene rings is 1. The molecule has 0 radical (unpaired) electrons. The smallest absolute Gasteiger partial charge is 0.118 e. The summed E-state index contributed by atoms with van der Waals surface area (Å²) >= 11 is 1.48. The summed E-state index contributed by atoms with van der Waals surface area (Å²) in [5, 5.41) is 19.5. The molecule has 1 aromatic heterocycles. The van der Waals surface area contributed by atoms with E-state index in [9.17, 15) is 5.11 Å². The average molecular weight is 285 g/mol. The first kappa shape index (κ1) is 13.3. The zero-order valence-corrected chi connectivity index (χ0v) is 12.0. The van der Waals surface area contributed by atoms with Crippen LogP contribution in [-0.2, 0) is 10.3 Å². The van der Waals surface area contributed by atoms with Crippen LogP contribution in [0.1, 0.15) is 17.4 Å². The van der Waals surface area contributed by atoms with Crippen molar-refractivity contribution < 1.29 is 9.84 Å². The van der Waals surface area contributed by atoms with Crippen LogP contribution in [0.5, 0.6) is 0 Å². The molecule has 0 saturated carbocycles. The lowest BCUT2D eigenvalue weighted by atomic mass is 9.85. The van der Waals surface area contributed by atoms with Gasteiger partial charge in [-0.05, 0) is 23.3 Å². The van der Waals surface area contributed by atoms with Gasteiger partial charge in [-0.1, -0.05) is 31.2 Å². The van der Waals surface area contributed by atoms with Crippen molar-refractivity contribution in [1.29, 1.82) is 5.26 Å². The zero-order chi connectivity index (χ0) is 14.2. The number of aliphatic hydroxyl groups is 1. The van der Waals surface area contributed by atoms with Crippen LogP contribution in [-0.4, -0.2) is 18.3 Å². The average Bonchev–Trinajstić information content (AvgIpc) is 3.08. The van der Waals surface area contributed by atoms with Crippen molar-refractivity contribution in [1.82, 2.24) is 0 Å².